The molecule has 7 nitrogen and oxygen atoms in total. The van der Waals surface area contributed by atoms with Gasteiger partial charge in [0.15, 0.2) is 5.78 Å². The molecule has 3 aromatic rings. The number of amides is 1. The van der Waals surface area contributed by atoms with E-state index in [0.29, 0.717) is 22.5 Å². The summed E-state index contributed by atoms with van der Waals surface area (Å²) in [7, 11) is 1.37. The van der Waals surface area contributed by atoms with Gasteiger partial charge in [0.1, 0.15) is 22.7 Å². The number of halogens is 2. The number of ether oxygens (including phenoxy) is 2. The van der Waals surface area contributed by atoms with E-state index in [9.17, 15) is 18.4 Å². The molecule has 2 saturated carbocycles. The molecule has 1 amide bonds. The normalized spacial score (nSPS) is 16.0. The molecule has 0 spiro atoms. The molecule has 0 unspecified atom stereocenters. The minimum atomic E-state index is -3.11. The molecule has 2 aliphatic carbocycles. The van der Waals surface area contributed by atoms with Gasteiger partial charge in [-0.2, -0.15) is 8.78 Å². The van der Waals surface area contributed by atoms with E-state index in [-0.39, 0.29) is 34.8 Å². The molecule has 0 saturated heterocycles. The Balaban J connectivity index is 1.55. The van der Waals surface area contributed by atoms with Gasteiger partial charge in [0.2, 0.25) is 0 Å². The fraction of sp³-hybridized carbons (Fsp3) is 0.375. The Kier molecular flexibility index (Phi) is 5.47. The number of benzene rings is 1. The Morgan fingerprint density at radius 1 is 1.15 bits per heavy atom. The van der Waals surface area contributed by atoms with E-state index >= 15 is 0 Å². The summed E-state index contributed by atoms with van der Waals surface area (Å²) in [6.45, 7) is -3.11. The number of imidazole rings is 1. The molecule has 5 rings (SSSR count). The minimum absolute atomic E-state index is 0.0388. The van der Waals surface area contributed by atoms with E-state index < -0.39 is 12.5 Å². The molecule has 172 valence electrons. The number of methoxy groups -OCH3 is 1. The van der Waals surface area contributed by atoms with Crippen molar-refractivity contribution in [2.45, 2.75) is 44.8 Å². The highest BCUT2D eigenvalue weighted by molar-refractivity contribution is 6.01. The van der Waals surface area contributed by atoms with E-state index in [1.807, 2.05) is 0 Å². The van der Waals surface area contributed by atoms with Gasteiger partial charge in [0.25, 0.3) is 5.91 Å². The summed E-state index contributed by atoms with van der Waals surface area (Å²) in [6, 6.07) is 6.49. The second-order valence-corrected chi connectivity index (χ2v) is 8.46. The van der Waals surface area contributed by atoms with E-state index in [0.717, 1.165) is 32.1 Å². The number of rotatable bonds is 8. The summed E-state index contributed by atoms with van der Waals surface area (Å²) in [5, 5.41) is 2.78. The number of fused-ring (bicyclic) bond motifs is 1. The van der Waals surface area contributed by atoms with E-state index in [4.69, 9.17) is 9.47 Å². The van der Waals surface area contributed by atoms with Gasteiger partial charge >= 0.3 is 6.61 Å². The minimum Gasteiger partial charge on any atom is -0.496 e. The summed E-state index contributed by atoms with van der Waals surface area (Å²) in [5.74, 6) is -0.478. The quantitative estimate of drug-likeness (QED) is 0.507. The van der Waals surface area contributed by atoms with Gasteiger partial charge in [-0.25, -0.2) is 4.98 Å². The molecule has 2 fully saturated rings. The number of ketones is 1. The van der Waals surface area contributed by atoms with E-state index in [1.54, 1.807) is 35.0 Å². The molecule has 0 aliphatic heterocycles. The van der Waals surface area contributed by atoms with Crippen LogP contribution < -0.4 is 14.8 Å². The fourth-order valence-corrected chi connectivity index (χ4v) is 4.05. The average Bonchev–Trinajstić information content (AvgIpc) is 3.46. The highest BCUT2D eigenvalue weighted by Gasteiger charge is 2.29. The lowest BCUT2D eigenvalue weighted by atomic mass is 9.80. The van der Waals surface area contributed by atoms with Crippen molar-refractivity contribution < 1.29 is 27.8 Å². The standard InChI is InChI=1S/C24H23F2N3O4/c1-32-18-9-15(10-19(33-24(25)26)21(18)23(31)28-16-5-6-16)17-12-27-20-11-14(7-8-29(17)20)22(30)13-3-2-4-13/h7-13,16,24H,2-6H2,1H3,(H,28,31). The highest BCUT2D eigenvalue weighted by Crippen LogP contribution is 2.37. The van der Waals surface area contributed by atoms with Crippen LogP contribution in [0, 0.1) is 5.92 Å². The maximum atomic E-state index is 13.2. The third kappa shape index (κ3) is 4.15. The molecule has 2 heterocycles. The van der Waals surface area contributed by atoms with Crippen LogP contribution in [0.4, 0.5) is 8.78 Å². The summed E-state index contributed by atoms with van der Waals surface area (Å²) in [6.07, 6.45) is 7.92. The zero-order chi connectivity index (χ0) is 23.1. The number of carbonyl (C=O) groups is 2. The molecule has 33 heavy (non-hydrogen) atoms. The zero-order valence-electron chi connectivity index (χ0n) is 18.0. The maximum Gasteiger partial charge on any atom is 0.387 e. The van der Waals surface area contributed by atoms with Gasteiger partial charge in [-0.15, -0.1) is 0 Å². The predicted octanol–water partition coefficient (Wildman–Crippen LogP) is 4.49. The third-order valence-corrected chi connectivity index (χ3v) is 6.21. The first-order valence-electron chi connectivity index (χ1n) is 10.9. The topological polar surface area (TPSA) is 81.9 Å². The van der Waals surface area contributed by atoms with Crippen molar-refractivity contribution in [1.29, 1.82) is 0 Å². The molecule has 0 bridgehead atoms. The van der Waals surface area contributed by atoms with Crippen molar-refractivity contribution in [3.05, 3.63) is 47.8 Å². The van der Waals surface area contributed by atoms with Crippen molar-refractivity contribution in [1.82, 2.24) is 14.7 Å². The van der Waals surface area contributed by atoms with Gasteiger partial charge in [-0.05, 0) is 49.9 Å². The molecule has 1 N–H and O–H groups in total. The van der Waals surface area contributed by atoms with Gasteiger partial charge in [0, 0.05) is 29.3 Å². The summed E-state index contributed by atoms with van der Waals surface area (Å²) < 4.78 is 38.2. The third-order valence-electron chi connectivity index (χ3n) is 6.21. The smallest absolute Gasteiger partial charge is 0.387 e. The second kappa shape index (κ2) is 8.46. The largest absolute Gasteiger partial charge is 0.496 e. The molecule has 2 aliphatic rings. The fourth-order valence-electron chi connectivity index (χ4n) is 4.05. The molecule has 9 heteroatoms. The first-order chi connectivity index (χ1) is 15.9. The van der Waals surface area contributed by atoms with Crippen LogP contribution in [-0.4, -0.2) is 40.8 Å². The highest BCUT2D eigenvalue weighted by atomic mass is 19.3. The van der Waals surface area contributed by atoms with Crippen LogP contribution in [0.5, 0.6) is 11.5 Å². The van der Waals surface area contributed by atoms with E-state index in [1.165, 1.54) is 13.2 Å². The van der Waals surface area contributed by atoms with Gasteiger partial charge in [0.05, 0.1) is 19.0 Å². The van der Waals surface area contributed by atoms with Crippen LogP contribution >= 0.6 is 0 Å². The second-order valence-electron chi connectivity index (χ2n) is 8.46. The van der Waals surface area contributed by atoms with Crippen LogP contribution in [0.3, 0.4) is 0 Å². The average molecular weight is 455 g/mol. The maximum absolute atomic E-state index is 13.2. The van der Waals surface area contributed by atoms with Crippen LogP contribution in [0.15, 0.2) is 36.7 Å². The molecule has 1 aromatic carbocycles. The number of carbonyl (C=O) groups excluding carboxylic acids is 2. The number of hydrogen-bond donors (Lipinski definition) is 1. The Morgan fingerprint density at radius 2 is 1.91 bits per heavy atom. The Morgan fingerprint density at radius 3 is 2.55 bits per heavy atom. The molecule has 0 radical (unpaired) electrons. The van der Waals surface area contributed by atoms with Crippen molar-refractivity contribution in [3.63, 3.8) is 0 Å². The van der Waals surface area contributed by atoms with Gasteiger partial charge in [-0.1, -0.05) is 6.42 Å². The first kappa shape index (κ1) is 21.4. The van der Waals surface area contributed by atoms with Crippen LogP contribution in [0.1, 0.15) is 52.8 Å². The number of pyridine rings is 1. The Labute approximate surface area is 188 Å². The van der Waals surface area contributed by atoms with Gasteiger partial charge < -0.3 is 14.8 Å². The van der Waals surface area contributed by atoms with Crippen molar-refractivity contribution in [2.75, 3.05) is 7.11 Å². The number of Topliss-reactive ketones (excluding diaryl/α,β-unsaturated/α-hetero) is 1. The summed E-state index contributed by atoms with van der Waals surface area (Å²) in [4.78, 5) is 29.7. The first-order valence-corrected chi connectivity index (χ1v) is 10.9. The number of aromatic nitrogens is 2. The molecular formula is C24H23F2N3O4. The number of hydrogen-bond acceptors (Lipinski definition) is 5. The van der Waals surface area contributed by atoms with Crippen LogP contribution in [-0.2, 0) is 0 Å². The van der Waals surface area contributed by atoms with Gasteiger partial charge in [-0.3, -0.25) is 14.0 Å². The summed E-state index contributed by atoms with van der Waals surface area (Å²) in [5.41, 5.74) is 2.16. The lowest BCUT2D eigenvalue weighted by Gasteiger charge is -2.23. The number of nitrogens with one attached hydrogen (secondary N) is 1. The van der Waals surface area contributed by atoms with Crippen molar-refractivity contribution in [3.8, 4) is 22.8 Å². The summed E-state index contributed by atoms with van der Waals surface area (Å²) >= 11 is 0. The van der Waals surface area contributed by atoms with Crippen LogP contribution in [0.2, 0.25) is 0 Å². The number of nitrogens with zero attached hydrogens (tertiary/aromatic N) is 2. The predicted molar refractivity (Wildman–Crippen MR) is 116 cm³/mol. The van der Waals surface area contributed by atoms with E-state index in [2.05, 4.69) is 10.3 Å². The molecule has 0 atom stereocenters. The SMILES string of the molecule is COc1cc(-c2cnc3cc(C(=O)C4CCC4)ccn23)cc(OC(F)F)c1C(=O)NC1CC1. The monoisotopic (exact) mass is 455 g/mol. The Hall–Kier alpha value is -3.49. The molecular weight excluding hydrogens is 432 g/mol. The zero-order valence-corrected chi connectivity index (χ0v) is 18.0. The lowest BCUT2D eigenvalue weighted by Crippen LogP contribution is -2.26. The molecule has 2 aromatic heterocycles. The number of alkyl halides is 2. The van der Waals surface area contributed by atoms with Crippen molar-refractivity contribution in [2.24, 2.45) is 5.92 Å². The lowest BCUT2D eigenvalue weighted by molar-refractivity contribution is -0.0502. The van der Waals surface area contributed by atoms with Crippen molar-refractivity contribution >= 4 is 17.3 Å². The van der Waals surface area contributed by atoms with Crippen LogP contribution in [0.25, 0.3) is 16.9 Å². The Bertz CT molecular complexity index is 1230.